The third kappa shape index (κ3) is 6.11. The normalized spacial score (nSPS) is 13.3. The van der Waals surface area contributed by atoms with E-state index in [0.29, 0.717) is 6.04 Å². The van der Waals surface area contributed by atoms with Crippen LogP contribution in [-0.4, -0.2) is 18.8 Å². The number of unbranched alkanes of at least 4 members (excludes halogenated alkanes) is 1. The molecule has 0 aromatic heterocycles. The van der Waals surface area contributed by atoms with Crippen molar-refractivity contribution < 1.29 is 4.74 Å². The minimum Gasteiger partial charge on any atom is -0.382 e. The number of aryl methyl sites for hydroxylation is 1. The Morgan fingerprint density at radius 1 is 1.21 bits per heavy atom. The SMILES string of the molecule is CCCCc1ccc(NC(C)CC(C)(C)OC)cc1. The molecule has 0 saturated carbocycles. The van der Waals surface area contributed by atoms with Crippen LogP contribution in [0.4, 0.5) is 5.69 Å². The Morgan fingerprint density at radius 3 is 2.37 bits per heavy atom. The molecule has 0 saturated heterocycles. The zero-order valence-corrected chi connectivity index (χ0v) is 13.1. The Hall–Kier alpha value is -1.02. The van der Waals surface area contributed by atoms with Crippen LogP contribution in [0.3, 0.4) is 0 Å². The second kappa shape index (κ2) is 7.54. The number of hydrogen-bond donors (Lipinski definition) is 1. The minimum atomic E-state index is -0.0759. The fourth-order valence-corrected chi connectivity index (χ4v) is 2.30. The van der Waals surface area contributed by atoms with E-state index in [1.807, 2.05) is 0 Å². The lowest BCUT2D eigenvalue weighted by molar-refractivity contribution is 0.0128. The molecule has 0 heterocycles. The Morgan fingerprint density at radius 2 is 1.84 bits per heavy atom. The van der Waals surface area contributed by atoms with Gasteiger partial charge in [0.2, 0.25) is 0 Å². The molecule has 0 aliphatic carbocycles. The predicted octanol–water partition coefficient (Wildman–Crippen LogP) is 4.64. The Balaban J connectivity index is 2.48. The quantitative estimate of drug-likeness (QED) is 0.737. The van der Waals surface area contributed by atoms with Crippen molar-refractivity contribution in [2.45, 2.75) is 65.0 Å². The molecule has 0 bridgehead atoms. The average Bonchev–Trinajstić information content (AvgIpc) is 2.37. The van der Waals surface area contributed by atoms with Gasteiger partial charge in [0.25, 0.3) is 0 Å². The van der Waals surface area contributed by atoms with Gasteiger partial charge in [-0.25, -0.2) is 0 Å². The Kier molecular flexibility index (Phi) is 6.36. The first-order valence-corrected chi connectivity index (χ1v) is 7.37. The van der Waals surface area contributed by atoms with E-state index in [-0.39, 0.29) is 5.60 Å². The molecule has 0 aliphatic heterocycles. The molecule has 1 aromatic rings. The Bertz CT molecular complexity index is 356. The van der Waals surface area contributed by atoms with Gasteiger partial charge >= 0.3 is 0 Å². The maximum absolute atomic E-state index is 5.47. The highest BCUT2D eigenvalue weighted by atomic mass is 16.5. The number of rotatable bonds is 8. The van der Waals surface area contributed by atoms with E-state index in [2.05, 4.69) is 57.3 Å². The van der Waals surface area contributed by atoms with E-state index in [1.165, 1.54) is 30.5 Å². The standard InChI is InChI=1S/C17H29NO/c1-6-7-8-15-9-11-16(12-10-15)18-14(2)13-17(3,4)19-5/h9-12,14,18H,6-8,13H2,1-5H3. The number of methoxy groups -OCH3 is 1. The smallest absolute Gasteiger partial charge is 0.0642 e. The molecule has 2 heteroatoms. The zero-order chi connectivity index (χ0) is 14.3. The summed E-state index contributed by atoms with van der Waals surface area (Å²) in [7, 11) is 1.77. The van der Waals surface area contributed by atoms with E-state index in [0.717, 1.165) is 6.42 Å². The first-order chi connectivity index (χ1) is 8.96. The summed E-state index contributed by atoms with van der Waals surface area (Å²) in [5.74, 6) is 0. The van der Waals surface area contributed by atoms with Crippen molar-refractivity contribution in [2.24, 2.45) is 0 Å². The first kappa shape index (κ1) is 16.0. The van der Waals surface area contributed by atoms with Crippen LogP contribution >= 0.6 is 0 Å². The largest absolute Gasteiger partial charge is 0.382 e. The predicted molar refractivity (Wildman–Crippen MR) is 83.8 cm³/mol. The molecule has 0 fully saturated rings. The van der Waals surface area contributed by atoms with Gasteiger partial charge in [0.05, 0.1) is 5.60 Å². The van der Waals surface area contributed by atoms with Gasteiger partial charge in [-0.05, 0) is 57.7 Å². The number of nitrogens with one attached hydrogen (secondary N) is 1. The van der Waals surface area contributed by atoms with Crippen LogP contribution in [0, 0.1) is 0 Å². The molecule has 0 spiro atoms. The van der Waals surface area contributed by atoms with E-state index in [1.54, 1.807) is 7.11 Å². The number of hydrogen-bond acceptors (Lipinski definition) is 2. The molecule has 1 N–H and O–H groups in total. The number of anilines is 1. The van der Waals surface area contributed by atoms with Gasteiger partial charge in [-0.2, -0.15) is 0 Å². The van der Waals surface area contributed by atoms with Gasteiger partial charge in [-0.15, -0.1) is 0 Å². The van der Waals surface area contributed by atoms with Gasteiger partial charge < -0.3 is 10.1 Å². The summed E-state index contributed by atoms with van der Waals surface area (Å²) in [6.07, 6.45) is 4.69. The van der Waals surface area contributed by atoms with Crippen molar-refractivity contribution in [3.63, 3.8) is 0 Å². The van der Waals surface area contributed by atoms with Gasteiger partial charge in [-0.3, -0.25) is 0 Å². The van der Waals surface area contributed by atoms with Crippen LogP contribution in [0.5, 0.6) is 0 Å². The summed E-state index contributed by atoms with van der Waals surface area (Å²) >= 11 is 0. The molecule has 0 radical (unpaired) electrons. The highest BCUT2D eigenvalue weighted by molar-refractivity contribution is 5.45. The summed E-state index contributed by atoms with van der Waals surface area (Å²) in [6.45, 7) is 8.68. The maximum atomic E-state index is 5.47. The highest BCUT2D eigenvalue weighted by Gasteiger charge is 2.19. The lowest BCUT2D eigenvalue weighted by Crippen LogP contribution is -2.31. The van der Waals surface area contributed by atoms with Crippen molar-refractivity contribution >= 4 is 5.69 Å². The van der Waals surface area contributed by atoms with Gasteiger partial charge in [-0.1, -0.05) is 25.5 Å². The van der Waals surface area contributed by atoms with Crippen LogP contribution in [0.1, 0.15) is 52.5 Å². The third-order valence-electron chi connectivity index (χ3n) is 3.54. The minimum absolute atomic E-state index is 0.0759. The maximum Gasteiger partial charge on any atom is 0.0642 e. The van der Waals surface area contributed by atoms with E-state index >= 15 is 0 Å². The van der Waals surface area contributed by atoms with Crippen molar-refractivity contribution in [3.05, 3.63) is 29.8 Å². The summed E-state index contributed by atoms with van der Waals surface area (Å²) in [6, 6.07) is 9.22. The van der Waals surface area contributed by atoms with Crippen LogP contribution < -0.4 is 5.32 Å². The zero-order valence-electron chi connectivity index (χ0n) is 13.1. The second-order valence-electron chi connectivity index (χ2n) is 6.01. The van der Waals surface area contributed by atoms with Crippen molar-refractivity contribution in [1.29, 1.82) is 0 Å². The molecular formula is C17H29NO. The van der Waals surface area contributed by atoms with E-state index in [9.17, 15) is 0 Å². The van der Waals surface area contributed by atoms with E-state index < -0.39 is 0 Å². The molecular weight excluding hydrogens is 234 g/mol. The second-order valence-corrected chi connectivity index (χ2v) is 6.01. The van der Waals surface area contributed by atoms with E-state index in [4.69, 9.17) is 4.74 Å². The van der Waals surface area contributed by atoms with Gasteiger partial charge in [0.15, 0.2) is 0 Å². The molecule has 0 amide bonds. The summed E-state index contributed by atoms with van der Waals surface area (Å²) < 4.78 is 5.47. The summed E-state index contributed by atoms with van der Waals surface area (Å²) in [4.78, 5) is 0. The topological polar surface area (TPSA) is 21.3 Å². The summed E-state index contributed by atoms with van der Waals surface area (Å²) in [5, 5.41) is 3.54. The number of benzene rings is 1. The van der Waals surface area contributed by atoms with Crippen molar-refractivity contribution in [3.8, 4) is 0 Å². The fraction of sp³-hybridized carbons (Fsp3) is 0.647. The van der Waals surface area contributed by atoms with Gasteiger partial charge in [0, 0.05) is 18.8 Å². The molecule has 108 valence electrons. The molecule has 1 unspecified atom stereocenters. The molecule has 0 aliphatic rings. The lowest BCUT2D eigenvalue weighted by Gasteiger charge is -2.27. The molecule has 1 aromatic carbocycles. The van der Waals surface area contributed by atoms with Crippen molar-refractivity contribution in [1.82, 2.24) is 0 Å². The third-order valence-corrected chi connectivity index (χ3v) is 3.54. The molecule has 2 nitrogen and oxygen atoms in total. The monoisotopic (exact) mass is 263 g/mol. The number of ether oxygens (including phenoxy) is 1. The van der Waals surface area contributed by atoms with Gasteiger partial charge in [0.1, 0.15) is 0 Å². The summed E-state index contributed by atoms with van der Waals surface area (Å²) in [5.41, 5.74) is 2.55. The van der Waals surface area contributed by atoms with Crippen LogP contribution in [0.15, 0.2) is 24.3 Å². The van der Waals surface area contributed by atoms with Crippen LogP contribution in [-0.2, 0) is 11.2 Å². The lowest BCUT2D eigenvalue weighted by atomic mass is 9.99. The first-order valence-electron chi connectivity index (χ1n) is 7.37. The van der Waals surface area contributed by atoms with Crippen molar-refractivity contribution in [2.75, 3.05) is 12.4 Å². The highest BCUT2D eigenvalue weighted by Crippen LogP contribution is 2.19. The van der Waals surface area contributed by atoms with Crippen LogP contribution in [0.25, 0.3) is 0 Å². The molecule has 1 atom stereocenters. The molecule has 19 heavy (non-hydrogen) atoms. The Labute approximate surface area is 118 Å². The van der Waals surface area contributed by atoms with Crippen LogP contribution in [0.2, 0.25) is 0 Å². The molecule has 1 rings (SSSR count). The fourth-order valence-electron chi connectivity index (χ4n) is 2.30. The average molecular weight is 263 g/mol.